The molecule has 0 rings (SSSR count). The Kier molecular flexibility index (Phi) is 14.3. The van der Waals surface area contributed by atoms with Crippen LogP contribution in [0.4, 0.5) is 0 Å². The Balaban J connectivity index is 3.63. The number of hydrogen-bond donors (Lipinski definition) is 1. The molecule has 3 heteroatoms. The van der Waals surface area contributed by atoms with Gasteiger partial charge in [0.15, 0.2) is 8.32 Å². The number of aliphatic hydroxyl groups excluding tert-OH is 1. The van der Waals surface area contributed by atoms with Crippen molar-refractivity contribution >= 4 is 8.32 Å². The van der Waals surface area contributed by atoms with Crippen molar-refractivity contribution < 1.29 is 9.53 Å². The highest BCUT2D eigenvalue weighted by molar-refractivity contribution is 6.74. The molecule has 0 aromatic carbocycles. The standard InChI is InChI=1S/C23H50O2Si/c1-8-9-10-11-12-13-14-15-16-17-18-19-22(24)21(2)20-25-26(6,7)23(3,4)5/h21-22,24H,8-20H2,1-7H3/t21-,22-/m1/s1. The van der Waals surface area contributed by atoms with Crippen molar-refractivity contribution in [2.24, 2.45) is 5.92 Å². The number of aliphatic hydroxyl groups is 1. The van der Waals surface area contributed by atoms with E-state index >= 15 is 0 Å². The zero-order valence-electron chi connectivity index (χ0n) is 19.2. The highest BCUT2D eigenvalue weighted by atomic mass is 28.4. The fourth-order valence-corrected chi connectivity index (χ4v) is 4.08. The summed E-state index contributed by atoms with van der Waals surface area (Å²) in [4.78, 5) is 0. The smallest absolute Gasteiger partial charge is 0.191 e. The lowest BCUT2D eigenvalue weighted by Gasteiger charge is -2.37. The van der Waals surface area contributed by atoms with Gasteiger partial charge in [0.1, 0.15) is 0 Å². The Morgan fingerprint density at radius 1 is 0.808 bits per heavy atom. The second-order valence-electron chi connectivity index (χ2n) is 9.94. The van der Waals surface area contributed by atoms with Crippen LogP contribution in [0.5, 0.6) is 0 Å². The van der Waals surface area contributed by atoms with E-state index in [0.29, 0.717) is 6.61 Å². The molecule has 158 valence electrons. The van der Waals surface area contributed by atoms with Crippen molar-refractivity contribution in [1.29, 1.82) is 0 Å². The first-order chi connectivity index (χ1) is 12.1. The van der Waals surface area contributed by atoms with Gasteiger partial charge in [-0.05, 0) is 24.6 Å². The first kappa shape index (κ1) is 26.1. The quantitative estimate of drug-likeness (QED) is 0.217. The largest absolute Gasteiger partial charge is 0.416 e. The number of hydrogen-bond acceptors (Lipinski definition) is 2. The molecule has 2 atom stereocenters. The van der Waals surface area contributed by atoms with E-state index in [-0.39, 0.29) is 17.1 Å². The molecule has 0 radical (unpaired) electrons. The molecule has 0 bridgehead atoms. The van der Waals surface area contributed by atoms with E-state index in [1.165, 1.54) is 64.2 Å². The van der Waals surface area contributed by atoms with Crippen LogP contribution in [0.15, 0.2) is 0 Å². The molecule has 1 N–H and O–H groups in total. The van der Waals surface area contributed by atoms with E-state index in [9.17, 15) is 5.11 Å². The molecule has 26 heavy (non-hydrogen) atoms. The summed E-state index contributed by atoms with van der Waals surface area (Å²) in [5.74, 6) is 0.243. The average Bonchev–Trinajstić information content (AvgIpc) is 2.56. The lowest BCUT2D eigenvalue weighted by Crippen LogP contribution is -2.42. The third-order valence-electron chi connectivity index (χ3n) is 6.27. The fraction of sp³-hybridized carbons (Fsp3) is 1.00. The Hall–Kier alpha value is 0.137. The van der Waals surface area contributed by atoms with E-state index in [1.54, 1.807) is 0 Å². The van der Waals surface area contributed by atoms with Crippen LogP contribution in [-0.2, 0) is 4.43 Å². The van der Waals surface area contributed by atoms with Crippen LogP contribution in [0.2, 0.25) is 18.1 Å². The van der Waals surface area contributed by atoms with Crippen molar-refractivity contribution in [2.75, 3.05) is 6.61 Å². The summed E-state index contributed by atoms with van der Waals surface area (Å²) < 4.78 is 6.26. The molecular formula is C23H50O2Si. The topological polar surface area (TPSA) is 29.5 Å². The maximum atomic E-state index is 10.4. The Morgan fingerprint density at radius 3 is 1.65 bits per heavy atom. The van der Waals surface area contributed by atoms with Gasteiger partial charge in [0.25, 0.3) is 0 Å². The normalized spacial score (nSPS) is 15.2. The van der Waals surface area contributed by atoms with Crippen LogP contribution in [0.3, 0.4) is 0 Å². The summed E-state index contributed by atoms with van der Waals surface area (Å²) in [5.41, 5.74) is 0. The van der Waals surface area contributed by atoms with Crippen molar-refractivity contribution in [1.82, 2.24) is 0 Å². The van der Waals surface area contributed by atoms with Gasteiger partial charge in [0.2, 0.25) is 0 Å². The highest BCUT2D eigenvalue weighted by Gasteiger charge is 2.37. The molecule has 0 saturated carbocycles. The molecule has 0 aromatic heterocycles. The fourth-order valence-electron chi connectivity index (χ4n) is 2.97. The van der Waals surface area contributed by atoms with Gasteiger partial charge < -0.3 is 9.53 Å². The molecule has 0 unspecified atom stereocenters. The van der Waals surface area contributed by atoms with Gasteiger partial charge in [-0.3, -0.25) is 0 Å². The molecule has 0 aliphatic heterocycles. The molecule has 0 amide bonds. The monoisotopic (exact) mass is 386 g/mol. The van der Waals surface area contributed by atoms with E-state index < -0.39 is 8.32 Å². The van der Waals surface area contributed by atoms with Crippen molar-refractivity contribution in [2.45, 2.75) is 136 Å². The minimum absolute atomic E-state index is 0.210. The molecule has 0 heterocycles. The minimum Gasteiger partial charge on any atom is -0.416 e. The first-order valence-corrected chi connectivity index (χ1v) is 14.3. The molecule has 0 aromatic rings. The summed E-state index contributed by atoms with van der Waals surface area (Å²) in [5, 5.41) is 10.6. The van der Waals surface area contributed by atoms with Crippen LogP contribution in [-0.4, -0.2) is 26.1 Å². The predicted octanol–water partition coefficient (Wildman–Crippen LogP) is 7.71. The summed E-state index contributed by atoms with van der Waals surface area (Å²) >= 11 is 0. The Morgan fingerprint density at radius 2 is 1.23 bits per heavy atom. The van der Waals surface area contributed by atoms with E-state index in [4.69, 9.17) is 4.43 Å². The third kappa shape index (κ3) is 12.5. The first-order valence-electron chi connectivity index (χ1n) is 11.4. The van der Waals surface area contributed by atoms with Crippen molar-refractivity contribution in [3.63, 3.8) is 0 Å². The molecule has 0 fully saturated rings. The second kappa shape index (κ2) is 14.2. The van der Waals surface area contributed by atoms with E-state index in [2.05, 4.69) is 47.7 Å². The summed E-state index contributed by atoms with van der Waals surface area (Å²) in [7, 11) is -1.69. The summed E-state index contributed by atoms with van der Waals surface area (Å²) in [6.07, 6.45) is 15.7. The van der Waals surface area contributed by atoms with Crippen LogP contribution < -0.4 is 0 Å². The number of unbranched alkanes of at least 4 members (excludes halogenated alkanes) is 10. The Labute approximate surface area is 166 Å². The molecular weight excluding hydrogens is 336 g/mol. The maximum Gasteiger partial charge on any atom is 0.191 e. The van der Waals surface area contributed by atoms with Crippen molar-refractivity contribution in [3.8, 4) is 0 Å². The van der Waals surface area contributed by atoms with Crippen LogP contribution in [0.25, 0.3) is 0 Å². The van der Waals surface area contributed by atoms with E-state index in [0.717, 1.165) is 12.8 Å². The van der Waals surface area contributed by atoms with Gasteiger partial charge in [-0.15, -0.1) is 0 Å². The molecule has 2 nitrogen and oxygen atoms in total. The molecule has 0 aliphatic carbocycles. The zero-order chi connectivity index (χ0) is 20.1. The van der Waals surface area contributed by atoms with Crippen LogP contribution in [0, 0.1) is 5.92 Å². The van der Waals surface area contributed by atoms with Gasteiger partial charge >= 0.3 is 0 Å². The lowest BCUT2D eigenvalue weighted by atomic mass is 9.99. The molecule has 0 saturated heterocycles. The maximum absolute atomic E-state index is 10.4. The minimum atomic E-state index is -1.69. The SMILES string of the molecule is CCCCCCCCCCCCC[C@@H](O)[C@H](C)CO[Si](C)(C)C(C)(C)C. The number of rotatable bonds is 16. The summed E-state index contributed by atoms with van der Waals surface area (Å²) in [6.45, 7) is 16.5. The van der Waals surface area contributed by atoms with Crippen LogP contribution >= 0.6 is 0 Å². The average molecular weight is 387 g/mol. The molecule has 0 aliphatic rings. The third-order valence-corrected chi connectivity index (χ3v) is 10.8. The van der Waals surface area contributed by atoms with E-state index in [1.807, 2.05) is 0 Å². The molecule has 0 spiro atoms. The van der Waals surface area contributed by atoms with Gasteiger partial charge in [-0.25, -0.2) is 0 Å². The van der Waals surface area contributed by atoms with Gasteiger partial charge in [-0.1, -0.05) is 105 Å². The van der Waals surface area contributed by atoms with Gasteiger partial charge in [0, 0.05) is 12.5 Å². The van der Waals surface area contributed by atoms with Crippen molar-refractivity contribution in [3.05, 3.63) is 0 Å². The highest BCUT2D eigenvalue weighted by Crippen LogP contribution is 2.36. The second-order valence-corrected chi connectivity index (χ2v) is 14.7. The lowest BCUT2D eigenvalue weighted by molar-refractivity contribution is 0.0713. The van der Waals surface area contributed by atoms with Gasteiger partial charge in [-0.2, -0.15) is 0 Å². The predicted molar refractivity (Wildman–Crippen MR) is 119 cm³/mol. The summed E-state index contributed by atoms with van der Waals surface area (Å²) in [6, 6.07) is 0. The zero-order valence-corrected chi connectivity index (χ0v) is 20.2. The van der Waals surface area contributed by atoms with Crippen LogP contribution in [0.1, 0.15) is 112 Å². The van der Waals surface area contributed by atoms with Gasteiger partial charge in [0.05, 0.1) is 6.10 Å². The Bertz CT molecular complexity index is 323.